The molecule has 0 amide bonds. The van der Waals surface area contributed by atoms with Gasteiger partial charge in [-0.15, -0.1) is 0 Å². The SMILES string of the molecule is CC(N)(CCc1ccc(OCCCc2ccc(C(F)(F)F)cc2)c(C(F)(F)F)c1)C1OP(=O)(O)O1. The molecule has 35 heavy (non-hydrogen) atoms. The van der Waals surface area contributed by atoms with Crippen molar-refractivity contribution in [3.63, 3.8) is 0 Å². The van der Waals surface area contributed by atoms with E-state index in [1.807, 2.05) is 0 Å². The van der Waals surface area contributed by atoms with Crippen LogP contribution in [0.2, 0.25) is 0 Å². The highest BCUT2D eigenvalue weighted by molar-refractivity contribution is 7.48. The molecule has 2 aromatic rings. The number of hydrogen-bond donors (Lipinski definition) is 2. The van der Waals surface area contributed by atoms with Crippen molar-refractivity contribution >= 4 is 7.82 Å². The van der Waals surface area contributed by atoms with E-state index in [1.54, 1.807) is 0 Å². The van der Waals surface area contributed by atoms with Crippen LogP contribution in [-0.2, 0) is 38.8 Å². The number of phosphoric acid groups is 1. The van der Waals surface area contributed by atoms with E-state index in [0.29, 0.717) is 24.0 Å². The zero-order valence-corrected chi connectivity index (χ0v) is 19.4. The first kappa shape index (κ1) is 27.5. The van der Waals surface area contributed by atoms with Gasteiger partial charge in [0.25, 0.3) is 0 Å². The summed E-state index contributed by atoms with van der Waals surface area (Å²) in [6.45, 7) is 1.43. The van der Waals surface area contributed by atoms with Crippen LogP contribution < -0.4 is 10.5 Å². The molecule has 0 bridgehead atoms. The van der Waals surface area contributed by atoms with Gasteiger partial charge >= 0.3 is 20.2 Å². The van der Waals surface area contributed by atoms with Gasteiger partial charge in [-0.05, 0) is 68.0 Å². The van der Waals surface area contributed by atoms with E-state index in [9.17, 15) is 30.9 Å². The molecule has 1 heterocycles. The lowest BCUT2D eigenvalue weighted by atomic mass is 9.93. The number of phosphoric ester groups is 1. The third kappa shape index (κ3) is 7.44. The first-order valence-corrected chi connectivity index (χ1v) is 12.0. The minimum Gasteiger partial charge on any atom is -0.493 e. The fourth-order valence-electron chi connectivity index (χ4n) is 3.42. The summed E-state index contributed by atoms with van der Waals surface area (Å²) >= 11 is 0. The van der Waals surface area contributed by atoms with Crippen LogP contribution >= 0.6 is 7.82 Å². The van der Waals surface area contributed by atoms with Crippen molar-refractivity contribution in [2.75, 3.05) is 6.61 Å². The van der Waals surface area contributed by atoms with Crippen molar-refractivity contribution in [2.24, 2.45) is 5.73 Å². The molecule has 6 nitrogen and oxygen atoms in total. The maximum absolute atomic E-state index is 13.6. The summed E-state index contributed by atoms with van der Waals surface area (Å²) in [7, 11) is -4.08. The molecule has 1 aliphatic rings. The molecule has 0 spiro atoms. The van der Waals surface area contributed by atoms with E-state index in [-0.39, 0.29) is 25.2 Å². The fourth-order valence-corrected chi connectivity index (χ4v) is 4.40. The zero-order valence-electron chi connectivity index (χ0n) is 18.5. The van der Waals surface area contributed by atoms with Gasteiger partial charge in [-0.3, -0.25) is 9.05 Å². The Morgan fingerprint density at radius 3 is 2.11 bits per heavy atom. The summed E-state index contributed by atoms with van der Waals surface area (Å²) in [6.07, 6.45) is -9.41. The Morgan fingerprint density at radius 1 is 0.971 bits per heavy atom. The molecule has 0 radical (unpaired) electrons. The second-order valence-electron chi connectivity index (χ2n) is 8.49. The maximum atomic E-state index is 13.6. The Balaban J connectivity index is 1.57. The standard InChI is InChI=1S/C22H24F6NO5P/c1-20(29,19-33-35(30,31)34-19)11-10-15-6-9-18(17(13-15)22(26,27)28)32-12-2-3-14-4-7-16(8-5-14)21(23,24)25/h4-9,13,19H,2-3,10-12,29H2,1H3,(H,30,31). The Labute approximate surface area is 197 Å². The van der Waals surface area contributed by atoms with Crippen LogP contribution in [0, 0.1) is 0 Å². The molecule has 13 heteroatoms. The number of rotatable bonds is 9. The number of nitrogens with two attached hydrogens (primary N) is 1. The van der Waals surface area contributed by atoms with Crippen molar-refractivity contribution in [1.82, 2.24) is 0 Å². The molecule has 3 rings (SSSR count). The van der Waals surface area contributed by atoms with Crippen molar-refractivity contribution in [3.8, 4) is 5.75 Å². The number of hydrogen-bond acceptors (Lipinski definition) is 5. The zero-order chi connectivity index (χ0) is 26.1. The number of ether oxygens (including phenoxy) is 1. The summed E-state index contributed by atoms with van der Waals surface area (Å²) in [5.74, 6) is -0.365. The van der Waals surface area contributed by atoms with Crippen molar-refractivity contribution in [1.29, 1.82) is 0 Å². The highest BCUT2D eigenvalue weighted by Gasteiger charge is 2.50. The first-order chi connectivity index (χ1) is 16.1. The lowest BCUT2D eigenvalue weighted by Crippen LogP contribution is -2.54. The van der Waals surface area contributed by atoms with E-state index >= 15 is 0 Å². The van der Waals surface area contributed by atoms with E-state index in [4.69, 9.17) is 24.4 Å². The molecule has 0 aliphatic carbocycles. The van der Waals surface area contributed by atoms with Crippen LogP contribution in [0.25, 0.3) is 0 Å². The predicted molar refractivity (Wildman–Crippen MR) is 113 cm³/mol. The number of benzene rings is 2. The van der Waals surface area contributed by atoms with Crippen molar-refractivity contribution in [2.45, 2.75) is 56.8 Å². The van der Waals surface area contributed by atoms with Gasteiger partial charge in [-0.25, -0.2) is 4.57 Å². The molecule has 2 aromatic carbocycles. The summed E-state index contributed by atoms with van der Waals surface area (Å²) in [5.41, 5.74) is 3.99. The van der Waals surface area contributed by atoms with Gasteiger partial charge < -0.3 is 15.4 Å². The van der Waals surface area contributed by atoms with E-state index in [2.05, 4.69) is 0 Å². The third-order valence-corrected chi connectivity index (χ3v) is 6.36. The lowest BCUT2D eigenvalue weighted by molar-refractivity contribution is -0.156. The third-order valence-electron chi connectivity index (χ3n) is 5.45. The van der Waals surface area contributed by atoms with Crippen molar-refractivity contribution < 1.29 is 49.6 Å². The van der Waals surface area contributed by atoms with Gasteiger partial charge in [-0.1, -0.05) is 18.2 Å². The number of alkyl halides is 6. The Hall–Kier alpha value is -2.11. The van der Waals surface area contributed by atoms with Crippen LogP contribution in [0.1, 0.15) is 42.0 Å². The predicted octanol–water partition coefficient (Wildman–Crippen LogP) is 5.86. The molecular weight excluding hydrogens is 503 g/mol. The van der Waals surface area contributed by atoms with Crippen LogP contribution in [0.3, 0.4) is 0 Å². The van der Waals surface area contributed by atoms with Crippen LogP contribution in [0.15, 0.2) is 42.5 Å². The smallest absolute Gasteiger partial charge is 0.477 e. The normalized spacial score (nSPS) is 22.4. The van der Waals surface area contributed by atoms with E-state index in [0.717, 1.165) is 18.2 Å². The van der Waals surface area contributed by atoms with Gasteiger partial charge in [0.05, 0.1) is 23.3 Å². The van der Waals surface area contributed by atoms with Crippen molar-refractivity contribution in [3.05, 3.63) is 64.7 Å². The van der Waals surface area contributed by atoms with Gasteiger partial charge in [0.1, 0.15) is 5.75 Å². The largest absolute Gasteiger partial charge is 0.493 e. The molecule has 1 aliphatic heterocycles. The molecular formula is C22H24F6NO5P. The molecule has 3 N–H and O–H groups in total. The molecule has 1 atom stereocenters. The van der Waals surface area contributed by atoms with Crippen LogP contribution in [0.5, 0.6) is 5.75 Å². The topological polar surface area (TPSA) is 91.0 Å². The Bertz CT molecular complexity index is 1060. The molecule has 0 saturated carbocycles. The van der Waals surface area contributed by atoms with Gasteiger partial charge in [0.2, 0.25) is 0 Å². The molecule has 1 unspecified atom stereocenters. The second kappa shape index (κ2) is 10.1. The number of halogens is 6. The molecule has 194 valence electrons. The summed E-state index contributed by atoms with van der Waals surface area (Å²) in [6, 6.07) is 8.15. The summed E-state index contributed by atoms with van der Waals surface area (Å²) in [5, 5.41) is 0. The van der Waals surface area contributed by atoms with Crippen LogP contribution in [-0.4, -0.2) is 23.3 Å². The maximum Gasteiger partial charge on any atom is 0.477 e. The Kier molecular flexibility index (Phi) is 7.93. The quantitative estimate of drug-likeness (QED) is 0.241. The molecule has 1 fully saturated rings. The summed E-state index contributed by atoms with van der Waals surface area (Å²) < 4.78 is 104. The lowest BCUT2D eigenvalue weighted by Gasteiger charge is -2.40. The highest BCUT2D eigenvalue weighted by atomic mass is 31.2. The first-order valence-electron chi connectivity index (χ1n) is 10.5. The van der Waals surface area contributed by atoms with Crippen LogP contribution in [0.4, 0.5) is 26.3 Å². The Morgan fingerprint density at radius 2 is 1.57 bits per heavy atom. The molecule has 0 aromatic heterocycles. The average Bonchev–Trinajstić information content (AvgIpc) is 2.73. The number of aryl methyl sites for hydroxylation is 2. The van der Waals surface area contributed by atoms with Gasteiger partial charge in [0, 0.05) is 0 Å². The second-order valence-corrected chi connectivity index (χ2v) is 9.85. The fraction of sp³-hybridized carbons (Fsp3) is 0.455. The van der Waals surface area contributed by atoms with E-state index in [1.165, 1.54) is 31.2 Å². The monoisotopic (exact) mass is 527 g/mol. The molecule has 1 saturated heterocycles. The average molecular weight is 527 g/mol. The van der Waals surface area contributed by atoms with Gasteiger partial charge in [-0.2, -0.15) is 26.3 Å². The summed E-state index contributed by atoms with van der Waals surface area (Å²) in [4.78, 5) is 9.06. The van der Waals surface area contributed by atoms with E-state index < -0.39 is 43.1 Å². The van der Waals surface area contributed by atoms with Gasteiger partial charge in [0.15, 0.2) is 6.29 Å². The minimum atomic E-state index is -4.69. The minimum absolute atomic E-state index is 0.0676. The highest BCUT2D eigenvalue weighted by Crippen LogP contribution is 2.58.